The van der Waals surface area contributed by atoms with Crippen LogP contribution in [0, 0.1) is 0 Å². The number of hydrogen-bond acceptors (Lipinski definition) is 9. The van der Waals surface area contributed by atoms with Crippen molar-refractivity contribution >= 4 is 17.9 Å². The molecule has 0 radical (unpaired) electrons. The summed E-state index contributed by atoms with van der Waals surface area (Å²) in [5, 5.41) is 19.4. The third-order valence-electron chi connectivity index (χ3n) is 2.69. The summed E-state index contributed by atoms with van der Waals surface area (Å²) < 4.78 is 19.6. The lowest BCUT2D eigenvalue weighted by Gasteiger charge is -2.41. The number of ether oxygens (including phenoxy) is 4. The number of aliphatic hydroxyl groups is 2. The molecule has 0 aromatic heterocycles. The monoisotopic (exact) mass is 306 g/mol. The van der Waals surface area contributed by atoms with Gasteiger partial charge < -0.3 is 29.2 Å². The van der Waals surface area contributed by atoms with Gasteiger partial charge in [0.25, 0.3) is 0 Å². The number of esters is 3. The average molecular weight is 306 g/mol. The topological polar surface area (TPSA) is 129 Å². The van der Waals surface area contributed by atoms with Crippen LogP contribution in [0.25, 0.3) is 0 Å². The second-order valence-electron chi connectivity index (χ2n) is 4.51. The maximum absolute atomic E-state index is 11.1. The summed E-state index contributed by atoms with van der Waals surface area (Å²) in [4.78, 5) is 33.1. The van der Waals surface area contributed by atoms with Crippen LogP contribution >= 0.6 is 0 Å². The van der Waals surface area contributed by atoms with Crippen molar-refractivity contribution in [3.05, 3.63) is 0 Å². The lowest BCUT2D eigenvalue weighted by atomic mass is 9.98. The minimum Gasteiger partial charge on any atom is -0.463 e. The van der Waals surface area contributed by atoms with E-state index in [-0.39, 0.29) is 6.61 Å². The van der Waals surface area contributed by atoms with Crippen LogP contribution in [0.4, 0.5) is 0 Å². The van der Waals surface area contributed by atoms with Crippen molar-refractivity contribution < 1.29 is 43.5 Å². The van der Waals surface area contributed by atoms with E-state index in [1.165, 1.54) is 6.92 Å². The molecule has 21 heavy (non-hydrogen) atoms. The van der Waals surface area contributed by atoms with Gasteiger partial charge in [-0.1, -0.05) is 0 Å². The van der Waals surface area contributed by atoms with Gasteiger partial charge in [-0.2, -0.15) is 0 Å². The molecule has 9 heteroatoms. The summed E-state index contributed by atoms with van der Waals surface area (Å²) in [6.45, 7) is 3.04. The predicted octanol–water partition coefficient (Wildman–Crippen LogP) is -1.51. The highest BCUT2D eigenvalue weighted by Crippen LogP contribution is 2.25. The molecule has 9 nitrogen and oxygen atoms in total. The Bertz CT molecular complexity index is 408. The molecule has 0 aliphatic carbocycles. The summed E-state index contributed by atoms with van der Waals surface area (Å²) in [5.41, 5.74) is 0. The van der Waals surface area contributed by atoms with Crippen molar-refractivity contribution in [2.45, 2.75) is 51.5 Å². The van der Waals surface area contributed by atoms with Gasteiger partial charge in [0.2, 0.25) is 0 Å². The average Bonchev–Trinajstić information content (AvgIpc) is 2.35. The molecule has 1 aliphatic rings. The molecule has 0 amide bonds. The number of aliphatic hydroxyl groups excluding tert-OH is 2. The van der Waals surface area contributed by atoms with Crippen molar-refractivity contribution in [2.75, 3.05) is 6.61 Å². The highest BCUT2D eigenvalue weighted by atomic mass is 16.7. The van der Waals surface area contributed by atoms with Gasteiger partial charge in [-0.25, -0.2) is 0 Å². The van der Waals surface area contributed by atoms with E-state index in [1.54, 1.807) is 0 Å². The van der Waals surface area contributed by atoms with Crippen molar-refractivity contribution in [1.82, 2.24) is 0 Å². The molecule has 0 aromatic carbocycles. The molecule has 2 N–H and O–H groups in total. The first-order valence-corrected chi connectivity index (χ1v) is 6.21. The first-order valence-electron chi connectivity index (χ1n) is 6.21. The molecule has 0 bridgehead atoms. The summed E-state index contributed by atoms with van der Waals surface area (Å²) in [5.74, 6) is -2.06. The van der Waals surface area contributed by atoms with Gasteiger partial charge in [0.05, 0.1) is 0 Å². The lowest BCUT2D eigenvalue weighted by Crippen LogP contribution is -2.61. The van der Waals surface area contributed by atoms with E-state index in [1.807, 2.05) is 0 Å². The molecule has 1 rings (SSSR count). The normalized spacial score (nSPS) is 32.1. The highest BCUT2D eigenvalue weighted by Gasteiger charge is 2.49. The lowest BCUT2D eigenvalue weighted by molar-refractivity contribution is -0.293. The molecule has 1 aliphatic heterocycles. The number of rotatable bonds is 4. The van der Waals surface area contributed by atoms with Gasteiger partial charge in [0.15, 0.2) is 18.5 Å². The zero-order valence-corrected chi connectivity index (χ0v) is 11.8. The Labute approximate surface area is 120 Å². The number of carbonyl (C=O) groups is 3. The minimum atomic E-state index is -1.68. The van der Waals surface area contributed by atoms with Crippen LogP contribution in [-0.4, -0.2) is 65.4 Å². The Hall–Kier alpha value is -1.71. The molecular formula is C12H18O9. The van der Waals surface area contributed by atoms with Crippen LogP contribution in [0.5, 0.6) is 0 Å². The fraction of sp³-hybridized carbons (Fsp3) is 0.750. The van der Waals surface area contributed by atoms with E-state index < -0.39 is 48.6 Å². The molecule has 0 spiro atoms. The SMILES string of the molecule is CC(=O)OC[C@@H]1O[C@@H](O)[C@@H](O)[C@H](OC(C)=O)[C@H]1OC(C)=O. The van der Waals surface area contributed by atoms with Crippen molar-refractivity contribution in [3.63, 3.8) is 0 Å². The Morgan fingerprint density at radius 2 is 1.48 bits per heavy atom. The van der Waals surface area contributed by atoms with Crippen LogP contribution in [0.15, 0.2) is 0 Å². The first kappa shape index (κ1) is 17.3. The van der Waals surface area contributed by atoms with Crippen molar-refractivity contribution in [3.8, 4) is 0 Å². The molecule has 5 atom stereocenters. The Morgan fingerprint density at radius 3 is 1.95 bits per heavy atom. The van der Waals surface area contributed by atoms with Crippen LogP contribution < -0.4 is 0 Å². The van der Waals surface area contributed by atoms with Crippen LogP contribution in [0.3, 0.4) is 0 Å². The van der Waals surface area contributed by atoms with E-state index in [4.69, 9.17) is 18.9 Å². The maximum Gasteiger partial charge on any atom is 0.303 e. The Kier molecular flexibility index (Phi) is 6.06. The second-order valence-corrected chi connectivity index (χ2v) is 4.51. The van der Waals surface area contributed by atoms with Crippen LogP contribution in [0.1, 0.15) is 20.8 Å². The van der Waals surface area contributed by atoms with E-state index >= 15 is 0 Å². The van der Waals surface area contributed by atoms with E-state index in [0.717, 1.165) is 13.8 Å². The molecule has 1 fully saturated rings. The smallest absolute Gasteiger partial charge is 0.303 e. The standard InChI is InChI=1S/C12H18O9/c1-5(13)18-4-8-10(19-6(2)14)11(20-7(3)15)9(16)12(17)21-8/h8-12,16-17H,4H2,1-3H3/t8-,9-,10-,11-,12+/m0/s1. The van der Waals surface area contributed by atoms with E-state index in [2.05, 4.69) is 0 Å². The molecule has 1 saturated heterocycles. The van der Waals surface area contributed by atoms with Crippen molar-refractivity contribution in [1.29, 1.82) is 0 Å². The van der Waals surface area contributed by atoms with Gasteiger partial charge in [0, 0.05) is 20.8 Å². The zero-order valence-electron chi connectivity index (χ0n) is 11.8. The molecule has 1 heterocycles. The Balaban J connectivity index is 2.94. The van der Waals surface area contributed by atoms with E-state index in [9.17, 15) is 24.6 Å². The second kappa shape index (κ2) is 7.34. The molecule has 0 unspecified atom stereocenters. The molecular weight excluding hydrogens is 288 g/mol. The van der Waals surface area contributed by atoms with Gasteiger partial charge in [-0.3, -0.25) is 14.4 Å². The summed E-state index contributed by atoms with van der Waals surface area (Å²) >= 11 is 0. The third kappa shape index (κ3) is 4.96. The quantitative estimate of drug-likeness (QED) is 0.470. The van der Waals surface area contributed by atoms with Crippen LogP contribution in [0.2, 0.25) is 0 Å². The summed E-state index contributed by atoms with van der Waals surface area (Å²) in [7, 11) is 0. The molecule has 0 aromatic rings. The fourth-order valence-corrected chi connectivity index (χ4v) is 1.90. The Morgan fingerprint density at radius 1 is 0.952 bits per heavy atom. The molecule has 120 valence electrons. The predicted molar refractivity (Wildman–Crippen MR) is 64.6 cm³/mol. The highest BCUT2D eigenvalue weighted by molar-refractivity contribution is 5.67. The van der Waals surface area contributed by atoms with Crippen molar-refractivity contribution in [2.24, 2.45) is 0 Å². The number of carbonyl (C=O) groups excluding carboxylic acids is 3. The first-order chi connectivity index (χ1) is 9.72. The van der Waals surface area contributed by atoms with Gasteiger partial charge in [-0.15, -0.1) is 0 Å². The maximum atomic E-state index is 11.1. The van der Waals surface area contributed by atoms with E-state index in [0.29, 0.717) is 0 Å². The van der Waals surface area contributed by atoms with Gasteiger partial charge >= 0.3 is 17.9 Å². The van der Waals surface area contributed by atoms with Crippen LogP contribution in [-0.2, 0) is 33.3 Å². The summed E-state index contributed by atoms with van der Waals surface area (Å²) in [6, 6.07) is 0. The van der Waals surface area contributed by atoms with Gasteiger partial charge in [0.1, 0.15) is 18.8 Å². The fourth-order valence-electron chi connectivity index (χ4n) is 1.90. The minimum absolute atomic E-state index is 0.338. The number of hydrogen-bond donors (Lipinski definition) is 2. The van der Waals surface area contributed by atoms with Gasteiger partial charge in [-0.05, 0) is 0 Å². The molecule has 0 saturated carbocycles. The largest absolute Gasteiger partial charge is 0.463 e. The zero-order chi connectivity index (χ0) is 16.2. The third-order valence-corrected chi connectivity index (χ3v) is 2.69. The summed E-state index contributed by atoms with van der Waals surface area (Å²) in [6.07, 6.45) is -6.92.